The van der Waals surface area contributed by atoms with Crippen molar-refractivity contribution in [2.45, 2.75) is 6.92 Å². The van der Waals surface area contributed by atoms with E-state index in [1.54, 1.807) is 0 Å². The van der Waals surface area contributed by atoms with Crippen molar-refractivity contribution in [1.82, 2.24) is 0 Å². The van der Waals surface area contributed by atoms with E-state index in [1.165, 1.54) is 11.3 Å². The molecule has 1 aromatic heterocycles. The molecule has 0 aliphatic rings. The first-order valence-electron chi connectivity index (χ1n) is 3.15. The van der Waals surface area contributed by atoms with Gasteiger partial charge in [0, 0.05) is 10.5 Å². The maximum absolute atomic E-state index is 10.6. The van der Waals surface area contributed by atoms with E-state index in [0.717, 1.165) is 10.4 Å². The number of thiophene rings is 1. The van der Waals surface area contributed by atoms with Gasteiger partial charge < -0.3 is 5.73 Å². The van der Waals surface area contributed by atoms with Gasteiger partial charge in [0.1, 0.15) is 0 Å². The van der Waals surface area contributed by atoms with E-state index >= 15 is 0 Å². The lowest BCUT2D eigenvalue weighted by Gasteiger charge is -1.93. The highest BCUT2D eigenvalue weighted by Crippen LogP contribution is 2.20. The predicted octanol–water partition coefficient (Wildman–Crippen LogP) is 1.56. The normalized spacial score (nSPS) is 9.55. The molecule has 3 heteroatoms. The zero-order valence-corrected chi connectivity index (χ0v) is 7.07. The van der Waals surface area contributed by atoms with Crippen molar-refractivity contribution in [1.29, 1.82) is 0 Å². The number of hydrogen-bond acceptors (Lipinski definition) is 2. The number of primary amides is 1. The molecular weight excluding hydrogens is 158 g/mol. The van der Waals surface area contributed by atoms with Gasteiger partial charge in [0.2, 0.25) is 5.91 Å². The van der Waals surface area contributed by atoms with E-state index in [4.69, 9.17) is 5.73 Å². The van der Waals surface area contributed by atoms with Crippen LogP contribution < -0.4 is 5.73 Å². The molecule has 1 heterocycles. The van der Waals surface area contributed by atoms with Crippen LogP contribution in [0.2, 0.25) is 0 Å². The highest BCUT2D eigenvalue weighted by molar-refractivity contribution is 7.11. The fraction of sp³-hybridized carbons (Fsp3) is 0.125. The van der Waals surface area contributed by atoms with Crippen molar-refractivity contribution >= 4 is 22.8 Å². The largest absolute Gasteiger partial charge is 0.366 e. The van der Waals surface area contributed by atoms with Gasteiger partial charge >= 0.3 is 0 Å². The van der Waals surface area contributed by atoms with Crippen molar-refractivity contribution in [3.8, 4) is 0 Å². The fourth-order valence-corrected chi connectivity index (χ4v) is 1.59. The van der Waals surface area contributed by atoms with Gasteiger partial charge in [-0.05, 0) is 23.9 Å². The highest BCUT2D eigenvalue weighted by Gasteiger charge is 2.05. The molecular formula is C8H9NOS. The minimum atomic E-state index is -0.452. The lowest BCUT2D eigenvalue weighted by molar-refractivity contribution is -0.112. The van der Waals surface area contributed by atoms with Gasteiger partial charge in [0.05, 0.1) is 0 Å². The van der Waals surface area contributed by atoms with Crippen LogP contribution in [0.1, 0.15) is 10.4 Å². The maximum atomic E-state index is 10.6. The summed E-state index contributed by atoms with van der Waals surface area (Å²) in [5.41, 5.74) is 6.57. The van der Waals surface area contributed by atoms with E-state index in [1.807, 2.05) is 18.4 Å². The van der Waals surface area contributed by atoms with E-state index in [2.05, 4.69) is 6.58 Å². The number of rotatable bonds is 2. The van der Waals surface area contributed by atoms with Gasteiger partial charge in [-0.15, -0.1) is 11.3 Å². The van der Waals surface area contributed by atoms with Crippen LogP contribution in [0.15, 0.2) is 18.0 Å². The molecule has 0 aromatic carbocycles. The number of carbonyl (C=O) groups excluding carboxylic acids is 1. The van der Waals surface area contributed by atoms with Crippen molar-refractivity contribution in [3.05, 3.63) is 28.5 Å². The number of aryl methyl sites for hydroxylation is 1. The van der Waals surface area contributed by atoms with Crippen LogP contribution in [0, 0.1) is 6.92 Å². The Morgan fingerprint density at radius 2 is 2.36 bits per heavy atom. The second-order valence-electron chi connectivity index (χ2n) is 2.33. The van der Waals surface area contributed by atoms with Crippen LogP contribution in [0.5, 0.6) is 0 Å². The summed E-state index contributed by atoms with van der Waals surface area (Å²) in [4.78, 5) is 11.5. The molecule has 11 heavy (non-hydrogen) atoms. The van der Waals surface area contributed by atoms with Gasteiger partial charge in [-0.25, -0.2) is 0 Å². The lowest BCUT2D eigenvalue weighted by Crippen LogP contribution is -2.10. The molecule has 1 rings (SSSR count). The number of amides is 1. The van der Waals surface area contributed by atoms with Crippen LogP contribution >= 0.6 is 11.3 Å². The lowest BCUT2D eigenvalue weighted by atomic mass is 10.2. The molecule has 0 radical (unpaired) electrons. The van der Waals surface area contributed by atoms with Crippen molar-refractivity contribution < 1.29 is 4.79 Å². The van der Waals surface area contributed by atoms with Crippen LogP contribution in [0.4, 0.5) is 0 Å². The van der Waals surface area contributed by atoms with Gasteiger partial charge in [-0.1, -0.05) is 6.58 Å². The zero-order chi connectivity index (χ0) is 8.43. The SMILES string of the molecule is C=C(C(N)=O)c1cc(C)cs1. The van der Waals surface area contributed by atoms with E-state index in [0.29, 0.717) is 5.57 Å². The van der Waals surface area contributed by atoms with Gasteiger partial charge in [-0.2, -0.15) is 0 Å². The first-order chi connectivity index (χ1) is 5.11. The summed E-state index contributed by atoms with van der Waals surface area (Å²) in [7, 11) is 0. The number of nitrogens with two attached hydrogens (primary N) is 1. The molecule has 0 saturated carbocycles. The molecule has 2 N–H and O–H groups in total. The van der Waals surface area contributed by atoms with Crippen LogP contribution in [0.25, 0.3) is 5.57 Å². The van der Waals surface area contributed by atoms with Gasteiger partial charge in [0.25, 0.3) is 0 Å². The molecule has 0 unspecified atom stereocenters. The summed E-state index contributed by atoms with van der Waals surface area (Å²) >= 11 is 1.49. The number of hydrogen-bond donors (Lipinski definition) is 1. The molecule has 0 aliphatic carbocycles. The second kappa shape index (κ2) is 2.88. The first kappa shape index (κ1) is 8.01. The van der Waals surface area contributed by atoms with Gasteiger partial charge in [0.15, 0.2) is 0 Å². The van der Waals surface area contributed by atoms with E-state index < -0.39 is 5.91 Å². The summed E-state index contributed by atoms with van der Waals surface area (Å²) < 4.78 is 0. The van der Waals surface area contributed by atoms with Crippen molar-refractivity contribution in [3.63, 3.8) is 0 Å². The molecule has 0 saturated heterocycles. The Morgan fingerprint density at radius 3 is 2.73 bits per heavy atom. The van der Waals surface area contributed by atoms with Crippen LogP contribution in [-0.4, -0.2) is 5.91 Å². The molecule has 0 atom stereocenters. The highest BCUT2D eigenvalue weighted by atomic mass is 32.1. The first-order valence-corrected chi connectivity index (χ1v) is 4.03. The summed E-state index contributed by atoms with van der Waals surface area (Å²) in [5.74, 6) is -0.452. The minimum Gasteiger partial charge on any atom is -0.366 e. The third-order valence-corrected chi connectivity index (χ3v) is 2.43. The Labute approximate surface area is 69.3 Å². The standard InChI is InChI=1S/C8H9NOS/c1-5-3-7(11-4-5)6(2)8(9)10/h3-4H,2H2,1H3,(H2,9,10). The molecule has 58 valence electrons. The minimum absolute atomic E-state index is 0.392. The maximum Gasteiger partial charge on any atom is 0.249 e. The van der Waals surface area contributed by atoms with Gasteiger partial charge in [-0.3, -0.25) is 4.79 Å². The fourth-order valence-electron chi connectivity index (χ4n) is 0.711. The van der Waals surface area contributed by atoms with E-state index in [-0.39, 0.29) is 0 Å². The Bertz CT molecular complexity index is 301. The summed E-state index contributed by atoms with van der Waals surface area (Å²) in [5, 5.41) is 1.96. The third-order valence-electron chi connectivity index (χ3n) is 1.33. The van der Waals surface area contributed by atoms with Crippen molar-refractivity contribution in [2.24, 2.45) is 5.73 Å². The van der Waals surface area contributed by atoms with E-state index in [9.17, 15) is 4.79 Å². The molecule has 0 spiro atoms. The molecule has 1 amide bonds. The Hall–Kier alpha value is -1.09. The molecule has 0 fully saturated rings. The molecule has 1 aromatic rings. The zero-order valence-electron chi connectivity index (χ0n) is 6.26. The smallest absolute Gasteiger partial charge is 0.249 e. The summed E-state index contributed by atoms with van der Waals surface area (Å²) in [6.07, 6.45) is 0. The average Bonchev–Trinajstić information content (AvgIpc) is 2.34. The average molecular weight is 167 g/mol. The second-order valence-corrected chi connectivity index (χ2v) is 3.24. The topological polar surface area (TPSA) is 43.1 Å². The summed E-state index contributed by atoms with van der Waals surface area (Å²) in [6.45, 7) is 5.54. The quantitative estimate of drug-likeness (QED) is 0.667. The Morgan fingerprint density at radius 1 is 1.73 bits per heavy atom. The Kier molecular flexibility index (Phi) is 2.10. The number of carbonyl (C=O) groups is 1. The van der Waals surface area contributed by atoms with Crippen LogP contribution in [0.3, 0.4) is 0 Å². The molecule has 2 nitrogen and oxygen atoms in total. The Balaban J connectivity index is 2.94. The molecule has 0 bridgehead atoms. The van der Waals surface area contributed by atoms with Crippen molar-refractivity contribution in [2.75, 3.05) is 0 Å². The third kappa shape index (κ3) is 1.68. The predicted molar refractivity (Wildman–Crippen MR) is 47.3 cm³/mol. The molecule has 0 aliphatic heterocycles. The van der Waals surface area contributed by atoms with Crippen LogP contribution in [-0.2, 0) is 4.79 Å². The monoisotopic (exact) mass is 167 g/mol. The summed E-state index contributed by atoms with van der Waals surface area (Å²) in [6, 6.07) is 1.90.